The van der Waals surface area contributed by atoms with Crippen LogP contribution in [0.1, 0.15) is 50.5 Å². The number of piperidine rings is 1. The summed E-state index contributed by atoms with van der Waals surface area (Å²) in [5.41, 5.74) is 17.0. The van der Waals surface area contributed by atoms with Crippen LogP contribution < -0.4 is 33.2 Å². The lowest BCUT2D eigenvalue weighted by Gasteiger charge is -2.42. The van der Waals surface area contributed by atoms with Crippen molar-refractivity contribution in [1.82, 2.24) is 20.9 Å². The number of hydrogen-bond donors (Lipinski definition) is 7. The van der Waals surface area contributed by atoms with Crippen molar-refractivity contribution in [3.63, 3.8) is 0 Å². The number of aliphatic carboxylic acids is 1. The predicted molar refractivity (Wildman–Crippen MR) is 163 cm³/mol. The number of primary amides is 1. The van der Waals surface area contributed by atoms with Crippen LogP contribution in [-0.2, 0) is 35.1 Å². The number of ether oxygens (including phenoxy) is 1. The summed E-state index contributed by atoms with van der Waals surface area (Å²) >= 11 is 0. The summed E-state index contributed by atoms with van der Waals surface area (Å²) in [7, 11) is 3.20. The van der Waals surface area contributed by atoms with E-state index in [9.17, 15) is 29.1 Å². The third kappa shape index (κ3) is 11.8. The number of carboxylic acid groups (broad SMARTS) is 1. The molecule has 5 atom stereocenters. The third-order valence-corrected chi connectivity index (χ3v) is 7.52. The first-order valence-electron chi connectivity index (χ1n) is 14.7. The highest BCUT2D eigenvalue weighted by atomic mass is 16.5. The Hall–Kier alpha value is -4.24. The van der Waals surface area contributed by atoms with Crippen LogP contribution in [0.5, 0.6) is 0 Å². The molecule has 10 N–H and O–H groups in total. The molecule has 2 rings (SSSR count). The summed E-state index contributed by atoms with van der Waals surface area (Å²) in [6.45, 7) is 0.645. The smallest absolute Gasteiger partial charge is 0.326 e. The number of rotatable bonds is 18. The Kier molecular flexibility index (Phi) is 15.1. The van der Waals surface area contributed by atoms with Gasteiger partial charge in [-0.05, 0) is 51.1 Å². The molecular formula is C29H46N8O7. The van der Waals surface area contributed by atoms with Crippen LogP contribution in [0.3, 0.4) is 0 Å². The minimum Gasteiger partial charge on any atom is -0.480 e. The number of guanidine groups is 1. The lowest BCUT2D eigenvalue weighted by molar-refractivity contribution is -0.145. The highest BCUT2D eigenvalue weighted by Gasteiger charge is 2.38. The van der Waals surface area contributed by atoms with Gasteiger partial charge < -0.3 is 47.9 Å². The van der Waals surface area contributed by atoms with Crippen molar-refractivity contribution in [2.45, 2.75) is 81.6 Å². The fourth-order valence-corrected chi connectivity index (χ4v) is 5.27. The van der Waals surface area contributed by atoms with E-state index in [0.29, 0.717) is 32.2 Å². The van der Waals surface area contributed by atoms with Gasteiger partial charge in [0.05, 0.1) is 24.6 Å². The summed E-state index contributed by atoms with van der Waals surface area (Å²) in [5.74, 6) is -3.60. The van der Waals surface area contributed by atoms with E-state index in [1.807, 2.05) is 30.3 Å². The number of carboxylic acids is 1. The number of hydrogen-bond acceptors (Lipinski definition) is 8. The molecule has 1 heterocycles. The van der Waals surface area contributed by atoms with E-state index in [0.717, 1.165) is 5.56 Å². The molecule has 0 saturated carbocycles. The SMILES string of the molecule is CN[C@@H](Cc1ccccc1)C(=O)N[C@@H](CCCN=C(N)N)C(=O)N1CCC[C@H](OC)[C@@H]1CCC(=O)N[C@@H](CC(N)=O)C(=O)O. The van der Waals surface area contributed by atoms with E-state index in [1.54, 1.807) is 11.9 Å². The maximum Gasteiger partial charge on any atom is 0.326 e. The van der Waals surface area contributed by atoms with Crippen LogP contribution in [0.15, 0.2) is 35.3 Å². The molecule has 44 heavy (non-hydrogen) atoms. The number of carbonyl (C=O) groups excluding carboxylic acids is 4. The predicted octanol–water partition coefficient (Wildman–Crippen LogP) is -1.41. The van der Waals surface area contributed by atoms with Gasteiger partial charge in [-0.15, -0.1) is 0 Å². The third-order valence-electron chi connectivity index (χ3n) is 7.52. The molecule has 244 valence electrons. The lowest BCUT2D eigenvalue weighted by atomic mass is 9.93. The molecule has 1 fully saturated rings. The van der Waals surface area contributed by atoms with Gasteiger partial charge in [-0.1, -0.05) is 30.3 Å². The lowest BCUT2D eigenvalue weighted by Crippen LogP contribution is -2.59. The maximum atomic E-state index is 14.1. The zero-order valence-corrected chi connectivity index (χ0v) is 25.4. The first kappa shape index (κ1) is 36.0. The van der Waals surface area contributed by atoms with Crippen molar-refractivity contribution < 1.29 is 33.8 Å². The van der Waals surface area contributed by atoms with Gasteiger partial charge in [0.2, 0.25) is 23.6 Å². The van der Waals surface area contributed by atoms with Crippen molar-refractivity contribution in [2.24, 2.45) is 22.2 Å². The summed E-state index contributed by atoms with van der Waals surface area (Å²) in [6.07, 6.45) is 1.50. The zero-order valence-electron chi connectivity index (χ0n) is 25.4. The van der Waals surface area contributed by atoms with Gasteiger partial charge in [-0.2, -0.15) is 0 Å². The van der Waals surface area contributed by atoms with Gasteiger partial charge >= 0.3 is 5.97 Å². The van der Waals surface area contributed by atoms with E-state index in [-0.39, 0.29) is 49.7 Å². The summed E-state index contributed by atoms with van der Waals surface area (Å²) in [5, 5.41) is 17.6. The monoisotopic (exact) mass is 618 g/mol. The van der Waals surface area contributed by atoms with E-state index in [1.165, 1.54) is 7.11 Å². The Morgan fingerprint density at radius 1 is 1.07 bits per heavy atom. The van der Waals surface area contributed by atoms with E-state index in [2.05, 4.69) is 20.9 Å². The molecule has 0 aromatic heterocycles. The molecule has 0 radical (unpaired) electrons. The zero-order chi connectivity index (χ0) is 32.6. The molecule has 1 aliphatic rings. The van der Waals surface area contributed by atoms with Crippen LogP contribution in [0.2, 0.25) is 0 Å². The number of nitrogens with zero attached hydrogens (tertiary/aromatic N) is 2. The largest absolute Gasteiger partial charge is 0.480 e. The number of benzene rings is 1. The number of methoxy groups -OCH3 is 1. The number of nitrogens with one attached hydrogen (secondary N) is 3. The number of amides is 4. The average Bonchev–Trinajstić information content (AvgIpc) is 2.99. The molecule has 15 heteroatoms. The molecule has 1 aliphatic heterocycles. The molecule has 1 aromatic carbocycles. The number of likely N-dealkylation sites (tertiary alicyclic amines) is 1. The standard InChI is InChI=1S/C29H46N8O7/c1-33-20(16-18-8-4-3-5-9-18)26(40)36-19(10-6-14-34-29(31)32)27(41)37-15-7-11-23(44-2)22(37)12-13-25(39)35-21(28(42)43)17-24(30)38/h3-5,8-9,19-23,33H,6-7,10-17H2,1-2H3,(H2,30,38)(H,35,39)(H,36,40)(H,42,43)(H4,31,32,34)/t19-,20-,21-,22-,23-/m0/s1. The molecule has 1 aromatic rings. The highest BCUT2D eigenvalue weighted by molar-refractivity contribution is 5.90. The van der Waals surface area contributed by atoms with Crippen LogP contribution in [-0.4, -0.2) is 103 Å². The molecule has 1 saturated heterocycles. The number of aliphatic imine (C=N–C) groups is 1. The Morgan fingerprint density at radius 2 is 1.77 bits per heavy atom. The Labute approximate surface area is 257 Å². The first-order valence-corrected chi connectivity index (χ1v) is 14.7. The van der Waals surface area contributed by atoms with E-state index < -0.39 is 48.4 Å². The van der Waals surface area contributed by atoms with Crippen LogP contribution in [0.4, 0.5) is 0 Å². The Balaban J connectivity index is 2.22. The molecule has 0 bridgehead atoms. The van der Waals surface area contributed by atoms with Crippen LogP contribution >= 0.6 is 0 Å². The molecule has 15 nitrogen and oxygen atoms in total. The molecule has 0 spiro atoms. The second-order valence-electron chi connectivity index (χ2n) is 10.7. The molecular weight excluding hydrogens is 572 g/mol. The average molecular weight is 619 g/mol. The van der Waals surface area contributed by atoms with Crippen molar-refractivity contribution in [2.75, 3.05) is 27.2 Å². The van der Waals surface area contributed by atoms with Crippen LogP contribution in [0.25, 0.3) is 0 Å². The van der Waals surface area contributed by atoms with Crippen molar-refractivity contribution in [3.05, 3.63) is 35.9 Å². The molecule has 0 unspecified atom stereocenters. The number of nitrogens with two attached hydrogens (primary N) is 3. The van der Waals surface area contributed by atoms with Crippen molar-refractivity contribution in [3.8, 4) is 0 Å². The van der Waals surface area contributed by atoms with Crippen molar-refractivity contribution in [1.29, 1.82) is 0 Å². The molecule has 4 amide bonds. The van der Waals surface area contributed by atoms with Crippen LogP contribution in [0, 0.1) is 0 Å². The Morgan fingerprint density at radius 3 is 2.36 bits per heavy atom. The maximum absolute atomic E-state index is 14.1. The fourth-order valence-electron chi connectivity index (χ4n) is 5.27. The van der Waals surface area contributed by atoms with E-state index >= 15 is 0 Å². The second-order valence-corrected chi connectivity index (χ2v) is 10.7. The normalized spacial score (nSPS) is 18.4. The highest BCUT2D eigenvalue weighted by Crippen LogP contribution is 2.25. The van der Waals surface area contributed by atoms with Gasteiger partial charge in [0.15, 0.2) is 5.96 Å². The van der Waals surface area contributed by atoms with Gasteiger partial charge in [-0.25, -0.2) is 4.79 Å². The minimum absolute atomic E-state index is 0.0757. The van der Waals surface area contributed by atoms with Gasteiger partial charge in [-0.3, -0.25) is 24.2 Å². The summed E-state index contributed by atoms with van der Waals surface area (Å²) < 4.78 is 5.67. The van der Waals surface area contributed by atoms with Gasteiger partial charge in [0.1, 0.15) is 12.1 Å². The summed E-state index contributed by atoms with van der Waals surface area (Å²) in [6, 6.07) is 6.03. The second kappa shape index (κ2) is 18.4. The van der Waals surface area contributed by atoms with Gasteiger partial charge in [0, 0.05) is 26.6 Å². The minimum atomic E-state index is -1.46. The number of carbonyl (C=O) groups is 5. The van der Waals surface area contributed by atoms with E-state index in [4.69, 9.17) is 21.9 Å². The topological polar surface area (TPSA) is 245 Å². The Bertz CT molecular complexity index is 1150. The number of likely N-dealkylation sites (N-methyl/N-ethyl adjacent to an activating group) is 1. The van der Waals surface area contributed by atoms with Gasteiger partial charge in [0.25, 0.3) is 0 Å². The summed E-state index contributed by atoms with van der Waals surface area (Å²) in [4.78, 5) is 68.4. The van der Waals surface area contributed by atoms with Crippen molar-refractivity contribution >= 4 is 35.6 Å². The fraction of sp³-hybridized carbons (Fsp3) is 0.586. The first-order chi connectivity index (χ1) is 21.0. The molecule has 0 aliphatic carbocycles. The quantitative estimate of drug-likeness (QED) is 0.0575.